The van der Waals surface area contributed by atoms with Gasteiger partial charge in [-0.3, -0.25) is 0 Å². The normalized spacial score (nSPS) is 30.9. The topological polar surface area (TPSA) is 0 Å². The van der Waals surface area contributed by atoms with Crippen molar-refractivity contribution in [3.8, 4) is 0 Å². The van der Waals surface area contributed by atoms with Crippen molar-refractivity contribution in [2.75, 3.05) is 0 Å². The van der Waals surface area contributed by atoms with Gasteiger partial charge in [0.25, 0.3) is 0 Å². The van der Waals surface area contributed by atoms with Crippen LogP contribution >= 0.6 is 0 Å². The molecular weight excluding hydrogens is 184 g/mol. The summed E-state index contributed by atoms with van der Waals surface area (Å²) in [5.74, 6) is 2.03. The molecule has 0 aromatic heterocycles. The van der Waals surface area contributed by atoms with Crippen LogP contribution in [0, 0.1) is 11.8 Å². The minimum Gasteiger partial charge on any atom is -0.0857 e. The Hall–Kier alpha value is -0.0431. The van der Waals surface area contributed by atoms with E-state index in [1.165, 1.54) is 37.4 Å². The quantitative estimate of drug-likeness (QED) is 0.601. The monoisotopic (exact) mass is 208 g/mol. The number of allylic oxidation sites excluding steroid dienone is 2. The van der Waals surface area contributed by atoms with Gasteiger partial charge in [0.15, 0.2) is 0 Å². The van der Waals surface area contributed by atoms with E-state index < -0.39 is 8.07 Å². The lowest BCUT2D eigenvalue weighted by molar-refractivity contribution is 0.675. The molecule has 0 radical (unpaired) electrons. The average molecular weight is 208 g/mol. The van der Waals surface area contributed by atoms with Crippen molar-refractivity contribution in [3.63, 3.8) is 0 Å². The van der Waals surface area contributed by atoms with E-state index in [0.29, 0.717) is 0 Å². The van der Waals surface area contributed by atoms with Gasteiger partial charge in [0.05, 0.1) is 8.07 Å². The Labute approximate surface area is 89.8 Å². The van der Waals surface area contributed by atoms with E-state index in [2.05, 4.69) is 26.8 Å². The Morgan fingerprint density at radius 1 is 1.14 bits per heavy atom. The van der Waals surface area contributed by atoms with Crippen LogP contribution in [0.5, 0.6) is 0 Å². The summed E-state index contributed by atoms with van der Waals surface area (Å²) >= 11 is 0. The highest BCUT2D eigenvalue weighted by molar-refractivity contribution is 6.86. The summed E-state index contributed by atoms with van der Waals surface area (Å²) in [6.07, 6.45) is 7.24. The molecule has 1 heteroatoms. The van der Waals surface area contributed by atoms with Gasteiger partial charge in [-0.1, -0.05) is 50.2 Å². The van der Waals surface area contributed by atoms with Crippen LogP contribution in [0.3, 0.4) is 0 Å². The van der Waals surface area contributed by atoms with E-state index in [1.54, 1.807) is 0 Å². The second-order valence-electron chi connectivity index (χ2n) is 5.23. The Morgan fingerprint density at radius 2 is 1.79 bits per heavy atom. The van der Waals surface area contributed by atoms with Crippen LogP contribution in [0.2, 0.25) is 18.1 Å². The molecular formula is C13H24Si. The number of fused-ring (bicyclic) bond motifs is 2. The fourth-order valence-corrected chi connectivity index (χ4v) is 8.25. The molecule has 80 valence electrons. The fraction of sp³-hybridized carbons (Fsp3) is 0.846. The summed E-state index contributed by atoms with van der Waals surface area (Å²) in [7, 11) is -0.977. The van der Waals surface area contributed by atoms with Gasteiger partial charge in [-0.15, -0.1) is 0 Å². The maximum absolute atomic E-state index is 2.71. The molecule has 0 N–H and O–H groups in total. The Balaban J connectivity index is 2.24. The van der Waals surface area contributed by atoms with Crippen LogP contribution in [0.1, 0.15) is 40.0 Å². The van der Waals surface area contributed by atoms with E-state index in [9.17, 15) is 0 Å². The third-order valence-corrected chi connectivity index (χ3v) is 10.8. The summed E-state index contributed by atoms with van der Waals surface area (Å²) in [6.45, 7) is 7.31. The van der Waals surface area contributed by atoms with Gasteiger partial charge >= 0.3 is 0 Å². The van der Waals surface area contributed by atoms with Crippen molar-refractivity contribution in [1.82, 2.24) is 0 Å². The van der Waals surface area contributed by atoms with E-state index >= 15 is 0 Å². The molecule has 2 aliphatic rings. The number of hydrogen-bond donors (Lipinski definition) is 0. The largest absolute Gasteiger partial charge is 0.0857 e. The van der Waals surface area contributed by atoms with Crippen molar-refractivity contribution in [2.24, 2.45) is 11.8 Å². The molecule has 14 heavy (non-hydrogen) atoms. The van der Waals surface area contributed by atoms with Crippen molar-refractivity contribution in [2.45, 2.75) is 58.2 Å². The SMILES string of the molecule is CC[Si](CC)(CC)C1=CC2CCC1C2. The molecule has 2 unspecified atom stereocenters. The van der Waals surface area contributed by atoms with E-state index in [-0.39, 0.29) is 0 Å². The van der Waals surface area contributed by atoms with E-state index in [0.717, 1.165) is 11.8 Å². The average Bonchev–Trinajstić information content (AvgIpc) is 2.83. The molecule has 0 spiro atoms. The summed E-state index contributed by atoms with van der Waals surface area (Å²) in [4.78, 5) is 0. The van der Waals surface area contributed by atoms with Crippen LogP contribution in [-0.2, 0) is 0 Å². The highest BCUT2D eigenvalue weighted by Crippen LogP contribution is 2.49. The summed E-state index contributed by atoms with van der Waals surface area (Å²) < 4.78 is 0. The first-order valence-electron chi connectivity index (χ1n) is 6.48. The second-order valence-corrected chi connectivity index (χ2v) is 10.5. The molecule has 0 nitrogen and oxygen atoms in total. The first-order valence-corrected chi connectivity index (χ1v) is 9.10. The molecule has 2 bridgehead atoms. The first-order chi connectivity index (χ1) is 6.75. The van der Waals surface area contributed by atoms with Gasteiger partial charge in [0.2, 0.25) is 0 Å². The zero-order valence-corrected chi connectivity index (χ0v) is 11.0. The standard InChI is InChI=1S/C13H24Si/c1-4-14(5-2,6-3)13-10-11-7-8-12(13)9-11/h10-12H,4-9H2,1-3H3. The molecule has 0 saturated heterocycles. The first kappa shape index (κ1) is 10.5. The molecule has 1 fully saturated rings. The molecule has 2 rings (SSSR count). The predicted octanol–water partition coefficient (Wildman–Crippen LogP) is 4.39. The lowest BCUT2D eigenvalue weighted by Crippen LogP contribution is -2.37. The van der Waals surface area contributed by atoms with Crippen LogP contribution in [0.4, 0.5) is 0 Å². The van der Waals surface area contributed by atoms with Crippen molar-refractivity contribution in [1.29, 1.82) is 0 Å². The summed E-state index contributed by atoms with van der Waals surface area (Å²) in [5.41, 5.74) is 0. The zero-order chi connectivity index (χ0) is 10.2. The second kappa shape index (κ2) is 3.84. The molecule has 0 aromatic carbocycles. The molecule has 0 aliphatic heterocycles. The predicted molar refractivity (Wildman–Crippen MR) is 66.1 cm³/mol. The Morgan fingerprint density at radius 3 is 2.14 bits per heavy atom. The van der Waals surface area contributed by atoms with Gasteiger partial charge in [0, 0.05) is 0 Å². The van der Waals surface area contributed by atoms with E-state index in [4.69, 9.17) is 0 Å². The molecule has 2 aliphatic carbocycles. The highest BCUT2D eigenvalue weighted by atomic mass is 28.3. The van der Waals surface area contributed by atoms with Gasteiger partial charge in [0.1, 0.15) is 0 Å². The van der Waals surface area contributed by atoms with Crippen LogP contribution in [0.15, 0.2) is 11.3 Å². The third-order valence-electron chi connectivity index (χ3n) is 4.97. The minimum atomic E-state index is -0.977. The van der Waals surface area contributed by atoms with Crippen LogP contribution < -0.4 is 0 Å². The number of rotatable bonds is 4. The highest BCUT2D eigenvalue weighted by Gasteiger charge is 2.42. The fourth-order valence-electron chi connectivity index (χ4n) is 3.81. The Kier molecular flexibility index (Phi) is 2.87. The zero-order valence-electron chi connectivity index (χ0n) is 9.97. The molecule has 2 atom stereocenters. The van der Waals surface area contributed by atoms with Crippen molar-refractivity contribution in [3.05, 3.63) is 11.3 Å². The van der Waals surface area contributed by atoms with E-state index in [1.807, 2.05) is 5.20 Å². The number of hydrogen-bond acceptors (Lipinski definition) is 0. The smallest absolute Gasteiger partial charge is 0.0807 e. The van der Waals surface area contributed by atoms with Crippen molar-refractivity contribution >= 4 is 8.07 Å². The molecule has 0 aromatic rings. The summed E-state index contributed by atoms with van der Waals surface area (Å²) in [6, 6.07) is 4.44. The minimum absolute atomic E-state index is 0.977. The maximum Gasteiger partial charge on any atom is 0.0807 e. The van der Waals surface area contributed by atoms with Crippen LogP contribution in [0.25, 0.3) is 0 Å². The lowest BCUT2D eigenvalue weighted by atomic mass is 10.1. The van der Waals surface area contributed by atoms with Gasteiger partial charge in [-0.05, 0) is 31.1 Å². The summed E-state index contributed by atoms with van der Waals surface area (Å²) in [5, 5.41) is 1.99. The van der Waals surface area contributed by atoms with Gasteiger partial charge < -0.3 is 0 Å². The molecule has 1 saturated carbocycles. The lowest BCUT2D eigenvalue weighted by Gasteiger charge is -2.34. The third kappa shape index (κ3) is 1.41. The van der Waals surface area contributed by atoms with Gasteiger partial charge in [-0.2, -0.15) is 0 Å². The molecule has 0 amide bonds. The van der Waals surface area contributed by atoms with Crippen molar-refractivity contribution < 1.29 is 0 Å². The maximum atomic E-state index is 2.71. The van der Waals surface area contributed by atoms with Crippen LogP contribution in [-0.4, -0.2) is 8.07 Å². The van der Waals surface area contributed by atoms with Gasteiger partial charge in [-0.25, -0.2) is 0 Å². The Bertz CT molecular complexity index is 229. The molecule has 0 heterocycles.